The second-order valence-corrected chi connectivity index (χ2v) is 4.62. The highest BCUT2D eigenvalue weighted by Crippen LogP contribution is 2.30. The maximum absolute atomic E-state index is 9.11. The molecule has 0 atom stereocenters. The van der Waals surface area contributed by atoms with E-state index in [-0.39, 0.29) is 0 Å². The fourth-order valence-corrected chi connectivity index (χ4v) is 2.08. The van der Waals surface area contributed by atoms with E-state index in [1.165, 1.54) is 0 Å². The largest absolute Gasteiger partial charge is 0.455 e. The molecule has 0 aliphatic carbocycles. The summed E-state index contributed by atoms with van der Waals surface area (Å²) in [6.07, 6.45) is 1.68. The van der Waals surface area contributed by atoms with Crippen LogP contribution in [-0.4, -0.2) is 4.98 Å². The van der Waals surface area contributed by atoms with Gasteiger partial charge in [0.05, 0.1) is 11.6 Å². The molecule has 1 aromatic heterocycles. The highest BCUT2D eigenvalue weighted by atomic mass is 35.5. The van der Waals surface area contributed by atoms with E-state index in [1.807, 2.05) is 6.07 Å². The summed E-state index contributed by atoms with van der Waals surface area (Å²) in [6.45, 7) is 0. The molecule has 96 valence electrons. The Balaban J connectivity index is 2.09. The standard InChI is InChI=1S/C16H9ClN2O/c17-12-4-6-13(7-5-12)20-15-8-3-11(10-18)14-2-1-9-19-16(14)15/h1-9H. The Labute approximate surface area is 121 Å². The van der Waals surface area contributed by atoms with Crippen molar-refractivity contribution in [2.45, 2.75) is 0 Å². The molecule has 3 aromatic rings. The minimum atomic E-state index is 0.580. The van der Waals surface area contributed by atoms with Crippen LogP contribution in [0.4, 0.5) is 0 Å². The first kappa shape index (κ1) is 12.5. The van der Waals surface area contributed by atoms with Crippen LogP contribution in [0.5, 0.6) is 11.5 Å². The first-order valence-corrected chi connectivity index (χ1v) is 6.37. The first-order chi connectivity index (χ1) is 9.78. The summed E-state index contributed by atoms with van der Waals surface area (Å²) in [5, 5.41) is 10.5. The Morgan fingerprint density at radius 2 is 1.85 bits per heavy atom. The van der Waals surface area contributed by atoms with Crippen molar-refractivity contribution >= 4 is 22.5 Å². The van der Waals surface area contributed by atoms with Gasteiger partial charge in [0.25, 0.3) is 0 Å². The molecule has 4 heteroatoms. The van der Waals surface area contributed by atoms with Crippen LogP contribution in [0.3, 0.4) is 0 Å². The van der Waals surface area contributed by atoms with Crippen LogP contribution < -0.4 is 4.74 Å². The monoisotopic (exact) mass is 280 g/mol. The Bertz CT molecular complexity index is 807. The van der Waals surface area contributed by atoms with Crippen molar-refractivity contribution in [3.63, 3.8) is 0 Å². The summed E-state index contributed by atoms with van der Waals surface area (Å²) in [7, 11) is 0. The van der Waals surface area contributed by atoms with Crippen LogP contribution in [0.15, 0.2) is 54.7 Å². The van der Waals surface area contributed by atoms with Crippen LogP contribution in [0.25, 0.3) is 10.9 Å². The fourth-order valence-electron chi connectivity index (χ4n) is 1.96. The molecule has 3 nitrogen and oxygen atoms in total. The van der Waals surface area contributed by atoms with Gasteiger partial charge in [0.1, 0.15) is 11.3 Å². The smallest absolute Gasteiger partial charge is 0.153 e. The van der Waals surface area contributed by atoms with Gasteiger partial charge < -0.3 is 4.74 Å². The average Bonchev–Trinajstić information content (AvgIpc) is 2.50. The van der Waals surface area contributed by atoms with Crippen molar-refractivity contribution in [1.82, 2.24) is 4.98 Å². The first-order valence-electron chi connectivity index (χ1n) is 5.99. The lowest BCUT2D eigenvalue weighted by atomic mass is 10.1. The highest BCUT2D eigenvalue weighted by Gasteiger charge is 2.08. The Morgan fingerprint density at radius 3 is 2.60 bits per heavy atom. The lowest BCUT2D eigenvalue weighted by molar-refractivity contribution is 0.487. The zero-order valence-corrected chi connectivity index (χ0v) is 11.1. The van der Waals surface area contributed by atoms with Crippen LogP contribution >= 0.6 is 11.6 Å². The molecule has 0 N–H and O–H groups in total. The third-order valence-electron chi connectivity index (χ3n) is 2.89. The van der Waals surface area contributed by atoms with E-state index in [9.17, 15) is 0 Å². The predicted octanol–water partition coefficient (Wildman–Crippen LogP) is 4.55. The van der Waals surface area contributed by atoms with E-state index in [4.69, 9.17) is 21.6 Å². The number of ether oxygens (including phenoxy) is 1. The van der Waals surface area contributed by atoms with Gasteiger partial charge in [0.2, 0.25) is 0 Å². The predicted molar refractivity (Wildman–Crippen MR) is 78.0 cm³/mol. The summed E-state index contributed by atoms with van der Waals surface area (Å²) < 4.78 is 5.82. The number of fused-ring (bicyclic) bond motifs is 1. The molecule has 0 saturated heterocycles. The number of nitriles is 1. The Hall–Kier alpha value is -2.57. The molecule has 0 aliphatic heterocycles. The molecule has 0 saturated carbocycles. The molecule has 0 aliphatic rings. The summed E-state index contributed by atoms with van der Waals surface area (Å²) >= 11 is 5.85. The van der Waals surface area contributed by atoms with Crippen molar-refractivity contribution in [1.29, 1.82) is 5.26 Å². The van der Waals surface area contributed by atoms with Gasteiger partial charge in [0, 0.05) is 16.6 Å². The quantitative estimate of drug-likeness (QED) is 0.691. The van der Waals surface area contributed by atoms with Gasteiger partial charge in [-0.15, -0.1) is 0 Å². The molecule has 2 aromatic carbocycles. The molecular formula is C16H9ClN2O. The van der Waals surface area contributed by atoms with Gasteiger partial charge in [-0.2, -0.15) is 5.26 Å². The Kier molecular flexibility index (Phi) is 3.24. The van der Waals surface area contributed by atoms with Crippen LogP contribution in [-0.2, 0) is 0 Å². The lowest BCUT2D eigenvalue weighted by Crippen LogP contribution is -1.90. The van der Waals surface area contributed by atoms with Crippen LogP contribution in [0, 0.1) is 11.3 Å². The minimum absolute atomic E-state index is 0.580. The summed E-state index contributed by atoms with van der Waals surface area (Å²) in [5.74, 6) is 1.29. The molecule has 20 heavy (non-hydrogen) atoms. The Morgan fingerprint density at radius 1 is 1.05 bits per heavy atom. The average molecular weight is 281 g/mol. The molecule has 0 radical (unpaired) electrons. The molecule has 0 unspecified atom stereocenters. The zero-order valence-electron chi connectivity index (χ0n) is 10.4. The number of nitrogens with zero attached hydrogens (tertiary/aromatic N) is 2. The second kappa shape index (κ2) is 5.20. The number of hydrogen-bond donors (Lipinski definition) is 0. The van der Waals surface area contributed by atoms with Gasteiger partial charge in [0.15, 0.2) is 5.75 Å². The van der Waals surface area contributed by atoms with E-state index in [0.717, 1.165) is 5.39 Å². The van der Waals surface area contributed by atoms with Gasteiger partial charge in [-0.3, -0.25) is 4.98 Å². The van der Waals surface area contributed by atoms with Gasteiger partial charge in [-0.25, -0.2) is 0 Å². The number of benzene rings is 2. The van der Waals surface area contributed by atoms with Crippen molar-refractivity contribution in [2.24, 2.45) is 0 Å². The fraction of sp³-hybridized carbons (Fsp3) is 0. The number of aromatic nitrogens is 1. The summed E-state index contributed by atoms with van der Waals surface area (Å²) in [4.78, 5) is 4.30. The van der Waals surface area contributed by atoms with Crippen molar-refractivity contribution in [2.75, 3.05) is 0 Å². The van der Waals surface area contributed by atoms with Crippen molar-refractivity contribution in [3.8, 4) is 17.6 Å². The molecular weight excluding hydrogens is 272 g/mol. The number of rotatable bonds is 2. The molecule has 0 amide bonds. The zero-order chi connectivity index (χ0) is 13.9. The van der Waals surface area contributed by atoms with Crippen LogP contribution in [0.2, 0.25) is 5.02 Å². The normalized spacial score (nSPS) is 10.2. The van der Waals surface area contributed by atoms with Gasteiger partial charge >= 0.3 is 0 Å². The third-order valence-corrected chi connectivity index (χ3v) is 3.15. The SMILES string of the molecule is N#Cc1ccc(Oc2ccc(Cl)cc2)c2ncccc12. The molecule has 0 spiro atoms. The molecule has 0 bridgehead atoms. The number of pyridine rings is 1. The van der Waals surface area contributed by atoms with Crippen molar-refractivity contribution in [3.05, 3.63) is 65.3 Å². The number of hydrogen-bond acceptors (Lipinski definition) is 3. The highest BCUT2D eigenvalue weighted by molar-refractivity contribution is 6.30. The molecule has 3 rings (SSSR count). The van der Waals surface area contributed by atoms with E-state index in [2.05, 4.69) is 11.1 Å². The maximum atomic E-state index is 9.11. The van der Waals surface area contributed by atoms with E-state index in [0.29, 0.717) is 27.6 Å². The molecule has 0 fully saturated rings. The van der Waals surface area contributed by atoms with E-state index in [1.54, 1.807) is 48.7 Å². The van der Waals surface area contributed by atoms with Crippen molar-refractivity contribution < 1.29 is 4.74 Å². The summed E-state index contributed by atoms with van der Waals surface area (Å²) in [6, 6.07) is 16.4. The van der Waals surface area contributed by atoms with Crippen LogP contribution in [0.1, 0.15) is 5.56 Å². The molecule has 1 heterocycles. The topological polar surface area (TPSA) is 45.9 Å². The van der Waals surface area contributed by atoms with E-state index < -0.39 is 0 Å². The minimum Gasteiger partial charge on any atom is -0.455 e. The van der Waals surface area contributed by atoms with Gasteiger partial charge in [-0.1, -0.05) is 11.6 Å². The third kappa shape index (κ3) is 2.29. The summed E-state index contributed by atoms with van der Waals surface area (Å²) in [5.41, 5.74) is 1.25. The number of halogens is 1. The van der Waals surface area contributed by atoms with Gasteiger partial charge in [-0.05, 0) is 48.5 Å². The maximum Gasteiger partial charge on any atom is 0.153 e. The lowest BCUT2D eigenvalue weighted by Gasteiger charge is -2.09. The second-order valence-electron chi connectivity index (χ2n) is 4.18. The van der Waals surface area contributed by atoms with E-state index >= 15 is 0 Å².